The molecule has 1 saturated carbocycles. The van der Waals surface area contributed by atoms with E-state index in [1.54, 1.807) is 28.2 Å². The average molecular weight is 557 g/mol. The smallest absolute Gasteiger partial charge is 0.668 e. The van der Waals surface area contributed by atoms with E-state index in [1.807, 2.05) is 24.3 Å². The van der Waals surface area contributed by atoms with Gasteiger partial charge in [-0.15, -0.1) is 0 Å². The van der Waals surface area contributed by atoms with Crippen molar-refractivity contribution in [1.29, 1.82) is 0 Å². The third kappa shape index (κ3) is 8.91. The second kappa shape index (κ2) is 17.7. The number of rotatable bonds is 4. The fraction of sp³-hybridized carbons (Fsp3) is 0.500. The number of benzene rings is 2. The zero-order chi connectivity index (χ0) is 26.9. The van der Waals surface area contributed by atoms with E-state index in [0.717, 1.165) is 18.1 Å². The fourth-order valence-electron chi connectivity index (χ4n) is 4.56. The second-order valence-electron chi connectivity index (χ2n) is 9.06. The minimum Gasteiger partial charge on any atom is -0.668 e. The van der Waals surface area contributed by atoms with Gasteiger partial charge >= 0.3 is 21.7 Å². The Kier molecular flexibility index (Phi) is 17.9. The fourth-order valence-corrected chi connectivity index (χ4v) is 4.56. The Morgan fingerprint density at radius 3 is 1.68 bits per heavy atom. The summed E-state index contributed by atoms with van der Waals surface area (Å²) < 4.78 is 55.1. The summed E-state index contributed by atoms with van der Waals surface area (Å²) >= 11 is 0. The van der Waals surface area contributed by atoms with Gasteiger partial charge in [0.2, 0.25) is 0 Å². The number of hydrogen-bond acceptors (Lipinski definition) is 1. The first-order chi connectivity index (χ1) is 16.5. The van der Waals surface area contributed by atoms with Gasteiger partial charge in [-0.2, -0.15) is 28.2 Å². The van der Waals surface area contributed by atoms with Crippen LogP contribution in [0.15, 0.2) is 29.4 Å². The van der Waals surface area contributed by atoms with E-state index in [0.29, 0.717) is 29.6 Å². The Labute approximate surface area is 236 Å². The molecule has 0 radical (unpaired) electrons. The molecule has 0 N–H and O–H groups in total. The normalized spacial score (nSPS) is 22.1. The second-order valence-corrected chi connectivity index (χ2v) is 9.06. The van der Waals surface area contributed by atoms with Crippen LogP contribution in [0.25, 0.3) is 16.1 Å². The van der Waals surface area contributed by atoms with Crippen molar-refractivity contribution in [3.63, 3.8) is 0 Å². The molecule has 0 amide bonds. The van der Waals surface area contributed by atoms with Crippen LogP contribution in [-0.2, 0) is 21.7 Å². The van der Waals surface area contributed by atoms with Crippen LogP contribution in [0, 0.1) is 61.3 Å². The molecule has 37 heavy (non-hydrogen) atoms. The zero-order valence-electron chi connectivity index (χ0n) is 23.6. The minimum absolute atomic E-state index is 0. The van der Waals surface area contributed by atoms with Crippen molar-refractivity contribution >= 4 is 11.9 Å². The first-order valence-corrected chi connectivity index (χ1v) is 11.6. The van der Waals surface area contributed by atoms with Gasteiger partial charge in [-0.1, -0.05) is 52.0 Å². The molecule has 1 aliphatic rings. The number of hydrogen-bond donors (Lipinski definition) is 0. The molecule has 2 aromatic carbocycles. The first-order valence-electron chi connectivity index (χ1n) is 11.6. The molecule has 4 nitrogen and oxygen atoms in total. The summed E-state index contributed by atoms with van der Waals surface area (Å²) in [7, 11) is 7.00. The zero-order valence-corrected chi connectivity index (χ0v) is 25.1. The molecule has 0 spiro atoms. The molecule has 4 unspecified atom stereocenters. The summed E-state index contributed by atoms with van der Waals surface area (Å²) in [6, 6.07) is 7.71. The molecule has 0 saturated heterocycles. The summed E-state index contributed by atoms with van der Waals surface area (Å²) in [4.78, 5) is 0. The topological polar surface area (TPSA) is 54.7 Å². The van der Waals surface area contributed by atoms with E-state index < -0.39 is 34.5 Å². The maximum absolute atomic E-state index is 14.1. The molecule has 2 aromatic rings. The largest absolute Gasteiger partial charge is 4.00 e. The van der Waals surface area contributed by atoms with Crippen LogP contribution in [0.5, 0.6) is 0 Å². The molecule has 0 aliphatic heterocycles. The van der Waals surface area contributed by atoms with Gasteiger partial charge in [0.05, 0.1) is 0 Å². The Morgan fingerprint density at radius 2 is 1.19 bits per heavy atom. The summed E-state index contributed by atoms with van der Waals surface area (Å²) in [5.74, 6) is -3.86. The molecular formula is C28H40F4N4Ti. The van der Waals surface area contributed by atoms with Crippen molar-refractivity contribution in [1.82, 2.24) is 0 Å². The number of halogens is 4. The maximum Gasteiger partial charge on any atom is 4.00 e. The first kappa shape index (κ1) is 37.4. The summed E-state index contributed by atoms with van der Waals surface area (Å²) in [6.45, 7) is 10.0. The van der Waals surface area contributed by atoms with Crippen LogP contribution in [0.1, 0.15) is 50.3 Å². The summed E-state index contributed by atoms with van der Waals surface area (Å²) in [6.07, 6.45) is 1.41. The SMILES string of the molecule is C[N-]C.C[N-]C.Cc1c(F)c(F)c(F)c([N-]/N=C/c2ccccc2C2C(C)C(C)C(C)C2C)c1F.[CH3-].[Ti+4]. The predicted octanol–water partition coefficient (Wildman–Crippen LogP) is 8.92. The van der Waals surface area contributed by atoms with Crippen molar-refractivity contribution in [2.75, 3.05) is 28.2 Å². The molecule has 4 atom stereocenters. The van der Waals surface area contributed by atoms with Gasteiger partial charge < -0.3 is 28.6 Å². The van der Waals surface area contributed by atoms with E-state index in [2.05, 4.69) is 48.9 Å². The van der Waals surface area contributed by atoms with E-state index >= 15 is 0 Å². The Hall–Kier alpha value is -1.74. The molecule has 204 valence electrons. The van der Waals surface area contributed by atoms with E-state index in [9.17, 15) is 17.6 Å². The average Bonchev–Trinajstić information content (AvgIpc) is 3.02. The molecule has 1 fully saturated rings. The van der Waals surface area contributed by atoms with E-state index in [4.69, 9.17) is 0 Å². The van der Waals surface area contributed by atoms with Crippen LogP contribution >= 0.6 is 0 Å². The molecule has 0 aromatic heterocycles. The van der Waals surface area contributed by atoms with Gasteiger partial charge in [0.15, 0.2) is 17.5 Å². The number of nitrogens with zero attached hydrogens (tertiary/aromatic N) is 4. The Balaban J connectivity index is 0. The van der Waals surface area contributed by atoms with E-state index in [-0.39, 0.29) is 29.1 Å². The Bertz CT molecular complexity index is 942. The molecule has 3 rings (SSSR count). The van der Waals surface area contributed by atoms with Gasteiger partial charge in [0.1, 0.15) is 5.82 Å². The minimum atomic E-state index is -1.75. The van der Waals surface area contributed by atoms with Crippen molar-refractivity contribution in [2.24, 2.45) is 28.8 Å². The van der Waals surface area contributed by atoms with Gasteiger partial charge in [-0.3, -0.25) is 0 Å². The van der Waals surface area contributed by atoms with Gasteiger partial charge in [-0.05, 0) is 53.3 Å². The molecule has 0 bridgehead atoms. The Morgan fingerprint density at radius 1 is 0.730 bits per heavy atom. The van der Waals surface area contributed by atoms with Crippen molar-refractivity contribution in [2.45, 2.75) is 40.5 Å². The molecule has 9 heteroatoms. The molecule has 1 aliphatic carbocycles. The molecule has 0 heterocycles. The van der Waals surface area contributed by atoms with Crippen molar-refractivity contribution in [3.05, 3.63) is 87.7 Å². The van der Waals surface area contributed by atoms with Crippen LogP contribution in [0.3, 0.4) is 0 Å². The third-order valence-corrected chi connectivity index (χ3v) is 6.79. The van der Waals surface area contributed by atoms with Crippen LogP contribution < -0.4 is 0 Å². The van der Waals surface area contributed by atoms with Crippen LogP contribution in [0.2, 0.25) is 0 Å². The van der Waals surface area contributed by atoms with E-state index in [1.165, 1.54) is 6.21 Å². The summed E-state index contributed by atoms with van der Waals surface area (Å²) in [5, 5.41) is 10.8. The van der Waals surface area contributed by atoms with Crippen LogP contribution in [-0.4, -0.2) is 34.4 Å². The summed E-state index contributed by atoms with van der Waals surface area (Å²) in [5.41, 5.74) is 3.85. The van der Waals surface area contributed by atoms with Gasteiger partial charge in [-0.25, -0.2) is 17.6 Å². The third-order valence-electron chi connectivity index (χ3n) is 6.79. The van der Waals surface area contributed by atoms with Crippen molar-refractivity contribution < 1.29 is 39.3 Å². The van der Waals surface area contributed by atoms with Gasteiger partial charge in [0.25, 0.3) is 0 Å². The molecular weight excluding hydrogens is 516 g/mol. The standard InChI is InChI=1S/C23H25F4N2.2C2H6N.CH3.Ti/c1-11-12(2)14(4)18(13(11)3)17-9-7-6-8-16(17)10-28-29-23-20(25)15(5)19(24)21(26)22(23)27;2*1-3-2;;/h6-14,18H,1-5H3;2*1-2H3;1H3;/q4*-1;+4/b28-10+;;;;. The quantitative estimate of drug-likeness (QED) is 0.0687. The predicted molar refractivity (Wildman–Crippen MR) is 144 cm³/mol. The van der Waals surface area contributed by atoms with Crippen molar-refractivity contribution in [3.8, 4) is 0 Å². The monoisotopic (exact) mass is 556 g/mol. The van der Waals surface area contributed by atoms with Gasteiger partial charge in [0, 0.05) is 11.8 Å². The maximum atomic E-state index is 14.1. The van der Waals surface area contributed by atoms with Crippen LogP contribution in [0.4, 0.5) is 23.2 Å².